The first-order valence-corrected chi connectivity index (χ1v) is 16.9. The van der Waals surface area contributed by atoms with Gasteiger partial charge in [0.25, 0.3) is 7.82 Å². The van der Waals surface area contributed by atoms with Gasteiger partial charge in [-0.1, -0.05) is 83.8 Å². The molecule has 8 nitrogen and oxygen atoms in total. The van der Waals surface area contributed by atoms with Crippen molar-refractivity contribution in [3.05, 3.63) is 12.2 Å². The molecule has 0 amide bonds. The Morgan fingerprint density at radius 2 is 1.33 bits per heavy atom. The van der Waals surface area contributed by atoms with E-state index in [4.69, 9.17) is 18.5 Å². The third-order valence-corrected chi connectivity index (χ3v) is 7.28. The van der Waals surface area contributed by atoms with Gasteiger partial charge in [0.2, 0.25) is 0 Å². The molecule has 0 heterocycles. The van der Waals surface area contributed by atoms with Gasteiger partial charge in [0.05, 0.1) is 34.4 Å². The van der Waals surface area contributed by atoms with Crippen LogP contribution in [-0.4, -0.2) is 70.7 Å². The van der Waals surface area contributed by atoms with Gasteiger partial charge in [-0.05, 0) is 38.5 Å². The predicted molar refractivity (Wildman–Crippen MR) is 157 cm³/mol. The van der Waals surface area contributed by atoms with E-state index in [1.165, 1.54) is 64.2 Å². The predicted octanol–water partition coefficient (Wildman–Crippen LogP) is 6.96. The molecule has 0 aromatic rings. The van der Waals surface area contributed by atoms with E-state index in [0.717, 1.165) is 32.1 Å². The summed E-state index contributed by atoms with van der Waals surface area (Å²) >= 11 is 0. The van der Waals surface area contributed by atoms with Gasteiger partial charge in [-0.2, -0.15) is 0 Å². The van der Waals surface area contributed by atoms with E-state index in [1.54, 1.807) is 0 Å². The number of quaternary nitrogens is 1. The number of likely N-dealkylation sites (N-methyl/N-ethyl adjacent to an activating group) is 1. The van der Waals surface area contributed by atoms with Gasteiger partial charge in [0, 0.05) is 13.0 Å². The molecule has 0 saturated carbocycles. The minimum atomic E-state index is -4.49. The average Bonchev–Trinajstić information content (AvgIpc) is 2.86. The summed E-state index contributed by atoms with van der Waals surface area (Å²) in [4.78, 5) is 24.3. The highest BCUT2D eigenvalue weighted by atomic mass is 31.2. The minimum Gasteiger partial charge on any atom is -0.756 e. The number of hydrogen-bond acceptors (Lipinski definition) is 7. The average molecular weight is 578 g/mol. The monoisotopic (exact) mass is 577 g/mol. The lowest BCUT2D eigenvalue weighted by atomic mass is 10.1. The molecule has 0 saturated heterocycles. The van der Waals surface area contributed by atoms with Crippen LogP contribution in [0.1, 0.15) is 117 Å². The standard InChI is InChI=1S/C30H60NO7P/c1-6-8-10-11-12-13-14-15-16-17-18-19-20-22-25-35-27-29(38-30(32)23-21-9-7-2)28-37-39(33,34)36-26-24-31(3,4)5/h13-14,29H,6-12,15-28H2,1-5H3/b14-13-. The number of phosphoric ester groups is 1. The van der Waals surface area contributed by atoms with Crippen LogP contribution in [0.25, 0.3) is 0 Å². The van der Waals surface area contributed by atoms with Gasteiger partial charge in [-0.25, -0.2) is 0 Å². The van der Waals surface area contributed by atoms with Gasteiger partial charge in [0.15, 0.2) is 0 Å². The number of allylic oxidation sites excluding steroid dienone is 2. The van der Waals surface area contributed by atoms with Crippen LogP contribution < -0.4 is 4.89 Å². The van der Waals surface area contributed by atoms with E-state index in [2.05, 4.69) is 26.0 Å². The second-order valence-corrected chi connectivity index (χ2v) is 12.9. The van der Waals surface area contributed by atoms with Crippen LogP contribution >= 0.6 is 7.82 Å². The third kappa shape index (κ3) is 28.6. The van der Waals surface area contributed by atoms with Crippen LogP contribution in [0.4, 0.5) is 0 Å². The Hall–Kier alpha value is -0.760. The summed E-state index contributed by atoms with van der Waals surface area (Å²) in [5.41, 5.74) is 0. The molecule has 0 radical (unpaired) electrons. The smallest absolute Gasteiger partial charge is 0.306 e. The van der Waals surface area contributed by atoms with E-state index in [1.807, 2.05) is 21.1 Å². The molecule has 0 fully saturated rings. The van der Waals surface area contributed by atoms with E-state index in [0.29, 0.717) is 24.1 Å². The number of ether oxygens (including phenoxy) is 2. The molecule has 0 N–H and O–H groups in total. The molecule has 0 bridgehead atoms. The molecule has 0 spiro atoms. The molecule has 2 unspecified atom stereocenters. The number of esters is 1. The summed E-state index contributed by atoms with van der Waals surface area (Å²) in [5, 5.41) is 0. The molecule has 0 aromatic heterocycles. The maximum atomic E-state index is 12.2. The maximum Gasteiger partial charge on any atom is 0.306 e. The highest BCUT2D eigenvalue weighted by Gasteiger charge is 2.20. The van der Waals surface area contributed by atoms with Crippen molar-refractivity contribution in [3.63, 3.8) is 0 Å². The fraction of sp³-hybridized carbons (Fsp3) is 0.900. The summed E-state index contributed by atoms with van der Waals surface area (Å²) in [5.74, 6) is -0.362. The number of rotatable bonds is 28. The second kappa shape index (κ2) is 25.0. The first kappa shape index (κ1) is 38.2. The first-order chi connectivity index (χ1) is 18.6. The van der Waals surface area contributed by atoms with Crippen molar-refractivity contribution in [3.8, 4) is 0 Å². The van der Waals surface area contributed by atoms with Crippen molar-refractivity contribution in [1.82, 2.24) is 0 Å². The Labute approximate surface area is 240 Å². The summed E-state index contributed by atoms with van der Waals surface area (Å²) in [6.07, 6.45) is 21.5. The van der Waals surface area contributed by atoms with Gasteiger partial charge in [-0.3, -0.25) is 9.36 Å². The zero-order valence-electron chi connectivity index (χ0n) is 25.8. The Bertz CT molecular complexity index is 652. The lowest BCUT2D eigenvalue weighted by Crippen LogP contribution is -2.37. The number of phosphoric acid groups is 1. The zero-order chi connectivity index (χ0) is 29.2. The molecule has 2 atom stereocenters. The normalized spacial score (nSPS) is 14.5. The molecule has 0 aromatic carbocycles. The topological polar surface area (TPSA) is 94.1 Å². The zero-order valence-corrected chi connectivity index (χ0v) is 26.7. The van der Waals surface area contributed by atoms with Gasteiger partial charge >= 0.3 is 5.97 Å². The van der Waals surface area contributed by atoms with Crippen LogP contribution in [0.15, 0.2) is 12.2 Å². The lowest BCUT2D eigenvalue weighted by Gasteiger charge is -2.28. The summed E-state index contributed by atoms with van der Waals surface area (Å²) in [6, 6.07) is 0. The van der Waals surface area contributed by atoms with E-state index < -0.39 is 13.9 Å². The molecule has 39 heavy (non-hydrogen) atoms. The van der Waals surface area contributed by atoms with Crippen LogP contribution in [-0.2, 0) is 27.9 Å². The number of unbranched alkanes of at least 4 members (excludes halogenated alkanes) is 12. The van der Waals surface area contributed by atoms with Crippen molar-refractivity contribution in [2.45, 2.75) is 123 Å². The van der Waals surface area contributed by atoms with Crippen LogP contribution in [0.5, 0.6) is 0 Å². The highest BCUT2D eigenvalue weighted by molar-refractivity contribution is 7.45. The Kier molecular flexibility index (Phi) is 24.5. The number of carbonyl (C=O) groups is 1. The van der Waals surface area contributed by atoms with Gasteiger partial charge in [0.1, 0.15) is 19.3 Å². The molecule has 232 valence electrons. The Morgan fingerprint density at radius 1 is 0.769 bits per heavy atom. The minimum absolute atomic E-state index is 0.0259. The SMILES string of the molecule is CCCCCC/C=C\CCCCCCCCOCC(COP(=O)([O-])OCC[N+](C)(C)C)OC(=O)CCCCC. The largest absolute Gasteiger partial charge is 0.756 e. The van der Waals surface area contributed by atoms with Crippen molar-refractivity contribution < 1.29 is 37.3 Å². The molecule has 9 heteroatoms. The summed E-state index contributed by atoms with van der Waals surface area (Å²) < 4.78 is 33.9. The van der Waals surface area contributed by atoms with Crippen LogP contribution in [0, 0.1) is 0 Å². The number of carbonyl (C=O) groups excluding carboxylic acids is 1. The highest BCUT2D eigenvalue weighted by Crippen LogP contribution is 2.38. The Balaban J connectivity index is 4.15. The van der Waals surface area contributed by atoms with Crippen LogP contribution in [0.3, 0.4) is 0 Å². The molecular formula is C30H60NO7P. The second-order valence-electron chi connectivity index (χ2n) is 11.5. The fourth-order valence-corrected chi connectivity index (χ4v) is 4.56. The first-order valence-electron chi connectivity index (χ1n) is 15.4. The summed E-state index contributed by atoms with van der Waals surface area (Å²) in [6.45, 7) is 5.19. The van der Waals surface area contributed by atoms with Gasteiger partial charge in [-0.15, -0.1) is 0 Å². The van der Waals surface area contributed by atoms with E-state index in [9.17, 15) is 14.3 Å². The Morgan fingerprint density at radius 3 is 1.95 bits per heavy atom. The molecule has 0 aliphatic heterocycles. The molecule has 0 aliphatic carbocycles. The molecule has 0 aliphatic rings. The summed E-state index contributed by atoms with van der Waals surface area (Å²) in [7, 11) is 1.35. The van der Waals surface area contributed by atoms with Crippen LogP contribution in [0.2, 0.25) is 0 Å². The fourth-order valence-electron chi connectivity index (χ4n) is 3.83. The van der Waals surface area contributed by atoms with Crippen molar-refractivity contribution in [1.29, 1.82) is 0 Å². The molecular weight excluding hydrogens is 517 g/mol. The number of nitrogens with zero attached hydrogens (tertiary/aromatic N) is 1. The van der Waals surface area contributed by atoms with Crippen molar-refractivity contribution >= 4 is 13.8 Å². The van der Waals surface area contributed by atoms with Crippen molar-refractivity contribution in [2.75, 3.05) is 54.1 Å². The maximum absolute atomic E-state index is 12.2. The third-order valence-electron chi connectivity index (χ3n) is 6.32. The van der Waals surface area contributed by atoms with Crippen molar-refractivity contribution in [2.24, 2.45) is 0 Å². The molecule has 0 rings (SSSR count). The van der Waals surface area contributed by atoms with E-state index >= 15 is 0 Å². The van der Waals surface area contributed by atoms with E-state index in [-0.39, 0.29) is 25.8 Å². The quantitative estimate of drug-likeness (QED) is 0.0326. The number of hydrogen-bond donors (Lipinski definition) is 0. The van der Waals surface area contributed by atoms with Gasteiger partial charge < -0.3 is 27.9 Å². The lowest BCUT2D eigenvalue weighted by molar-refractivity contribution is -0.870.